The van der Waals surface area contributed by atoms with Crippen molar-refractivity contribution >= 4 is 33.4 Å². The first-order valence-corrected chi connectivity index (χ1v) is 12.7. The van der Waals surface area contributed by atoms with E-state index < -0.39 is 10.0 Å². The van der Waals surface area contributed by atoms with Crippen LogP contribution in [0.4, 0.5) is 0 Å². The summed E-state index contributed by atoms with van der Waals surface area (Å²) in [6.07, 6.45) is 1.57. The number of ether oxygens (including phenoxy) is 1. The fourth-order valence-corrected chi connectivity index (χ4v) is 5.38. The van der Waals surface area contributed by atoms with E-state index in [0.717, 1.165) is 12.8 Å². The van der Waals surface area contributed by atoms with Crippen molar-refractivity contribution in [1.29, 1.82) is 0 Å². The van der Waals surface area contributed by atoms with Gasteiger partial charge >= 0.3 is 0 Å². The number of nitrogens with one attached hydrogen (secondary N) is 2. The summed E-state index contributed by atoms with van der Waals surface area (Å²) in [5, 5.41) is 2.92. The largest absolute Gasteiger partial charge is 0.377 e. The van der Waals surface area contributed by atoms with Crippen LogP contribution in [-0.4, -0.2) is 88.1 Å². The second-order valence-electron chi connectivity index (χ2n) is 8.42. The van der Waals surface area contributed by atoms with Crippen LogP contribution in [0.2, 0.25) is 5.02 Å². The number of nitrogens with zero attached hydrogens (tertiary/aromatic N) is 2. The molecule has 0 aromatic heterocycles. The molecular weight excluding hydrogens is 456 g/mol. The highest BCUT2D eigenvalue weighted by atomic mass is 35.5. The number of piperazine rings is 1. The lowest BCUT2D eigenvalue weighted by molar-refractivity contribution is -0.123. The minimum Gasteiger partial charge on any atom is -0.377 e. The van der Waals surface area contributed by atoms with Crippen molar-refractivity contribution in [2.24, 2.45) is 0 Å². The molecule has 0 bridgehead atoms. The van der Waals surface area contributed by atoms with Gasteiger partial charge < -0.3 is 15.0 Å². The van der Waals surface area contributed by atoms with Gasteiger partial charge in [0.15, 0.2) is 0 Å². The Bertz CT molecular complexity index is 926. The molecule has 3 rings (SSSR count). The number of benzene rings is 1. The highest BCUT2D eigenvalue weighted by Gasteiger charge is 2.27. The highest BCUT2D eigenvalue weighted by molar-refractivity contribution is 7.89. The van der Waals surface area contributed by atoms with Gasteiger partial charge in [0.25, 0.3) is 5.91 Å². The van der Waals surface area contributed by atoms with Crippen LogP contribution >= 0.6 is 11.6 Å². The molecule has 2 aliphatic heterocycles. The van der Waals surface area contributed by atoms with Gasteiger partial charge in [0.1, 0.15) is 4.90 Å². The first kappa shape index (κ1) is 24.9. The lowest BCUT2D eigenvalue weighted by Gasteiger charge is -2.34. The van der Waals surface area contributed by atoms with Gasteiger partial charge in [-0.05, 0) is 44.9 Å². The summed E-state index contributed by atoms with van der Waals surface area (Å²) in [4.78, 5) is 28.5. The van der Waals surface area contributed by atoms with Gasteiger partial charge in [0.2, 0.25) is 15.9 Å². The molecule has 0 radical (unpaired) electrons. The minimum absolute atomic E-state index is 0.0390. The third-order valence-corrected chi connectivity index (χ3v) is 7.37. The third-order valence-electron chi connectivity index (χ3n) is 5.47. The van der Waals surface area contributed by atoms with Crippen molar-refractivity contribution in [2.75, 3.05) is 45.9 Å². The number of sulfonamides is 1. The molecule has 2 fully saturated rings. The molecule has 1 aromatic rings. The quantitative estimate of drug-likeness (QED) is 0.569. The Morgan fingerprint density at radius 2 is 1.94 bits per heavy atom. The molecule has 2 aliphatic rings. The number of carbonyl (C=O) groups excluding carboxylic acids is 2. The van der Waals surface area contributed by atoms with Crippen LogP contribution in [0.1, 0.15) is 37.0 Å². The predicted octanol–water partition coefficient (Wildman–Crippen LogP) is 1.08. The van der Waals surface area contributed by atoms with Gasteiger partial charge in [-0.15, -0.1) is 0 Å². The van der Waals surface area contributed by atoms with Crippen molar-refractivity contribution in [3.05, 3.63) is 28.8 Å². The number of hydrogen-bond acceptors (Lipinski definition) is 6. The summed E-state index contributed by atoms with van der Waals surface area (Å²) in [6.45, 7) is 6.96. The number of carbonyl (C=O) groups is 2. The van der Waals surface area contributed by atoms with E-state index in [0.29, 0.717) is 39.3 Å². The number of halogens is 1. The Kier molecular flexibility index (Phi) is 8.51. The molecule has 11 heteroatoms. The van der Waals surface area contributed by atoms with Gasteiger partial charge in [0, 0.05) is 50.9 Å². The van der Waals surface area contributed by atoms with Crippen LogP contribution in [0.25, 0.3) is 0 Å². The summed E-state index contributed by atoms with van der Waals surface area (Å²) in [6, 6.07) is 4.37. The van der Waals surface area contributed by atoms with Gasteiger partial charge in [-0.3, -0.25) is 14.5 Å². The maximum Gasteiger partial charge on any atom is 0.253 e. The molecule has 32 heavy (non-hydrogen) atoms. The molecule has 178 valence electrons. The monoisotopic (exact) mass is 486 g/mol. The molecule has 9 nitrogen and oxygen atoms in total. The lowest BCUT2D eigenvalue weighted by Crippen LogP contribution is -2.51. The summed E-state index contributed by atoms with van der Waals surface area (Å²) < 4.78 is 33.5. The standard InChI is InChI=1S/C21H31ClN4O5S/c1-15(2)24-20(27)14-25-7-9-26(10-8-25)21(28)16-5-6-18(22)19(12-16)32(29,30)23-13-17-4-3-11-31-17/h5-6,12,15,17,23H,3-4,7-11,13-14H2,1-2H3,(H,24,27). The first-order chi connectivity index (χ1) is 15.2. The number of amides is 2. The molecule has 2 amide bonds. The molecule has 2 saturated heterocycles. The predicted molar refractivity (Wildman–Crippen MR) is 121 cm³/mol. The van der Waals surface area contributed by atoms with Crippen molar-refractivity contribution in [3.8, 4) is 0 Å². The van der Waals surface area contributed by atoms with E-state index in [-0.39, 0.29) is 46.0 Å². The van der Waals surface area contributed by atoms with Crippen LogP contribution in [0.3, 0.4) is 0 Å². The Labute approximate surface area is 194 Å². The van der Waals surface area contributed by atoms with E-state index in [2.05, 4.69) is 10.0 Å². The van der Waals surface area contributed by atoms with Crippen LogP contribution in [0.15, 0.2) is 23.1 Å². The molecule has 0 aliphatic carbocycles. The van der Waals surface area contributed by atoms with Crippen molar-refractivity contribution in [3.63, 3.8) is 0 Å². The van der Waals surface area contributed by atoms with E-state index in [1.807, 2.05) is 18.7 Å². The zero-order valence-electron chi connectivity index (χ0n) is 18.5. The molecule has 2 heterocycles. The van der Waals surface area contributed by atoms with Gasteiger partial charge in [-0.2, -0.15) is 0 Å². The Morgan fingerprint density at radius 3 is 2.56 bits per heavy atom. The summed E-state index contributed by atoms with van der Waals surface area (Å²) in [5.74, 6) is -0.300. The topological polar surface area (TPSA) is 108 Å². The highest BCUT2D eigenvalue weighted by Crippen LogP contribution is 2.24. The van der Waals surface area contributed by atoms with E-state index >= 15 is 0 Å². The first-order valence-electron chi connectivity index (χ1n) is 10.9. The average Bonchev–Trinajstić information content (AvgIpc) is 3.26. The van der Waals surface area contributed by atoms with Crippen LogP contribution < -0.4 is 10.0 Å². The average molecular weight is 487 g/mol. The molecule has 2 N–H and O–H groups in total. The second-order valence-corrected chi connectivity index (χ2v) is 10.6. The van der Waals surface area contributed by atoms with Crippen LogP contribution in [0.5, 0.6) is 0 Å². The van der Waals surface area contributed by atoms with Crippen LogP contribution in [-0.2, 0) is 19.6 Å². The fourth-order valence-electron chi connectivity index (χ4n) is 3.79. The Balaban J connectivity index is 1.61. The minimum atomic E-state index is -3.88. The number of hydrogen-bond donors (Lipinski definition) is 2. The molecule has 0 spiro atoms. The van der Waals surface area contributed by atoms with E-state index in [1.165, 1.54) is 18.2 Å². The smallest absolute Gasteiger partial charge is 0.253 e. The van der Waals surface area contributed by atoms with Gasteiger partial charge in [-0.25, -0.2) is 13.1 Å². The number of rotatable bonds is 8. The van der Waals surface area contributed by atoms with Crippen molar-refractivity contribution in [2.45, 2.75) is 43.7 Å². The molecule has 1 unspecified atom stereocenters. The normalized spacial score (nSPS) is 20.0. The Morgan fingerprint density at radius 1 is 1.22 bits per heavy atom. The van der Waals surface area contributed by atoms with E-state index in [1.54, 1.807) is 4.90 Å². The molecule has 0 saturated carbocycles. The Hall–Kier alpha value is -1.72. The van der Waals surface area contributed by atoms with E-state index in [4.69, 9.17) is 16.3 Å². The van der Waals surface area contributed by atoms with Gasteiger partial charge in [0.05, 0.1) is 17.7 Å². The SMILES string of the molecule is CC(C)NC(=O)CN1CCN(C(=O)c2ccc(Cl)c(S(=O)(=O)NCC3CCCO3)c2)CC1. The third kappa shape index (κ3) is 6.64. The van der Waals surface area contributed by atoms with Crippen molar-refractivity contribution < 1.29 is 22.7 Å². The zero-order valence-corrected chi connectivity index (χ0v) is 20.0. The van der Waals surface area contributed by atoms with E-state index in [9.17, 15) is 18.0 Å². The summed E-state index contributed by atoms with van der Waals surface area (Å²) in [7, 11) is -3.88. The molecule has 1 atom stereocenters. The summed E-state index contributed by atoms with van der Waals surface area (Å²) in [5.41, 5.74) is 0.262. The molecule has 1 aromatic carbocycles. The van der Waals surface area contributed by atoms with Crippen molar-refractivity contribution in [1.82, 2.24) is 19.8 Å². The second kappa shape index (κ2) is 10.9. The fraction of sp³-hybridized carbons (Fsp3) is 0.619. The maximum absolute atomic E-state index is 13.0. The zero-order chi connectivity index (χ0) is 23.3. The maximum atomic E-state index is 13.0. The molecular formula is C21H31ClN4O5S. The van der Waals surface area contributed by atoms with Gasteiger partial charge in [-0.1, -0.05) is 11.6 Å². The summed E-state index contributed by atoms with van der Waals surface area (Å²) >= 11 is 6.15. The lowest BCUT2D eigenvalue weighted by atomic mass is 10.2. The van der Waals surface area contributed by atoms with Crippen LogP contribution in [0, 0.1) is 0 Å².